The third kappa shape index (κ3) is 3.99. The van der Waals surface area contributed by atoms with Gasteiger partial charge in [0, 0.05) is 16.9 Å². The van der Waals surface area contributed by atoms with E-state index >= 15 is 0 Å². The van der Waals surface area contributed by atoms with Crippen molar-refractivity contribution in [2.24, 2.45) is 0 Å². The summed E-state index contributed by atoms with van der Waals surface area (Å²) in [4.78, 5) is 0. The number of para-hydroxylation sites is 2. The molecular weight excluding hydrogens is 242 g/mol. The maximum atomic E-state index is 4.26. The van der Waals surface area contributed by atoms with Crippen molar-refractivity contribution in [2.45, 2.75) is 32.6 Å². The van der Waals surface area contributed by atoms with Crippen molar-refractivity contribution in [1.29, 1.82) is 0 Å². The highest BCUT2D eigenvalue weighted by atomic mass is 14.9. The molecule has 0 bridgehead atoms. The molecule has 2 aromatic carbocycles. The third-order valence-electron chi connectivity index (χ3n) is 3.44. The van der Waals surface area contributed by atoms with Crippen LogP contribution in [0.15, 0.2) is 61.2 Å². The van der Waals surface area contributed by atoms with Gasteiger partial charge in [-0.25, -0.2) is 0 Å². The maximum Gasteiger partial charge on any atom is 0.0460 e. The van der Waals surface area contributed by atoms with Crippen LogP contribution in [0.3, 0.4) is 0 Å². The van der Waals surface area contributed by atoms with Gasteiger partial charge >= 0.3 is 0 Å². The Bertz CT molecular complexity index is 543. The maximum absolute atomic E-state index is 4.26. The van der Waals surface area contributed by atoms with Crippen molar-refractivity contribution >= 4 is 16.9 Å². The molecule has 0 atom stereocenters. The molecule has 2 rings (SSSR count). The van der Waals surface area contributed by atoms with Crippen molar-refractivity contribution in [2.75, 3.05) is 5.32 Å². The first-order valence-corrected chi connectivity index (χ1v) is 7.40. The second kappa shape index (κ2) is 7.54. The number of allylic oxidation sites excluding steroid dienone is 1. The molecule has 20 heavy (non-hydrogen) atoms. The highest BCUT2D eigenvalue weighted by Gasteiger charge is 2.05. The highest BCUT2D eigenvalue weighted by molar-refractivity contribution is 5.78. The zero-order valence-corrected chi connectivity index (χ0v) is 12.2. The zero-order chi connectivity index (χ0) is 14.2. The smallest absolute Gasteiger partial charge is 0.0460 e. The Labute approximate surface area is 122 Å². The van der Waals surface area contributed by atoms with Crippen LogP contribution in [0.4, 0.5) is 11.4 Å². The van der Waals surface area contributed by atoms with Crippen molar-refractivity contribution < 1.29 is 0 Å². The van der Waals surface area contributed by atoms with Gasteiger partial charge in [-0.05, 0) is 36.6 Å². The van der Waals surface area contributed by atoms with Crippen LogP contribution < -0.4 is 5.32 Å². The van der Waals surface area contributed by atoms with Crippen LogP contribution in [-0.2, 0) is 0 Å². The van der Waals surface area contributed by atoms with Crippen LogP contribution in [0.25, 0.3) is 5.57 Å². The van der Waals surface area contributed by atoms with Crippen molar-refractivity contribution in [3.05, 3.63) is 66.7 Å². The lowest BCUT2D eigenvalue weighted by Crippen LogP contribution is -1.95. The molecule has 1 heteroatoms. The molecule has 104 valence electrons. The Kier molecular flexibility index (Phi) is 5.43. The second-order valence-electron chi connectivity index (χ2n) is 5.10. The van der Waals surface area contributed by atoms with Crippen molar-refractivity contribution in [3.8, 4) is 0 Å². The topological polar surface area (TPSA) is 12.0 Å². The Morgan fingerprint density at radius 1 is 0.950 bits per heavy atom. The predicted octanol–water partition coefficient (Wildman–Crippen LogP) is 6.02. The fraction of sp³-hybridized carbons (Fsp3) is 0.263. The van der Waals surface area contributed by atoms with Crippen LogP contribution in [0.1, 0.15) is 38.2 Å². The van der Waals surface area contributed by atoms with Gasteiger partial charge in [-0.15, -0.1) is 0 Å². The van der Waals surface area contributed by atoms with E-state index in [0.29, 0.717) is 0 Å². The third-order valence-corrected chi connectivity index (χ3v) is 3.44. The summed E-state index contributed by atoms with van der Waals surface area (Å²) < 4.78 is 0. The summed E-state index contributed by atoms with van der Waals surface area (Å²) in [5.41, 5.74) is 4.70. The van der Waals surface area contributed by atoms with E-state index in [-0.39, 0.29) is 0 Å². The van der Waals surface area contributed by atoms with Gasteiger partial charge in [-0.1, -0.05) is 62.7 Å². The molecule has 0 heterocycles. The fourth-order valence-electron chi connectivity index (χ4n) is 2.30. The van der Waals surface area contributed by atoms with Crippen molar-refractivity contribution in [1.82, 2.24) is 0 Å². The summed E-state index contributed by atoms with van der Waals surface area (Å²) in [7, 11) is 0. The van der Waals surface area contributed by atoms with E-state index in [1.807, 2.05) is 18.2 Å². The molecule has 0 spiro atoms. The summed E-state index contributed by atoms with van der Waals surface area (Å²) >= 11 is 0. The molecule has 0 aliphatic heterocycles. The summed E-state index contributed by atoms with van der Waals surface area (Å²) in [6.45, 7) is 6.49. The second-order valence-corrected chi connectivity index (χ2v) is 5.10. The Morgan fingerprint density at radius 3 is 2.40 bits per heavy atom. The number of benzene rings is 2. The zero-order valence-electron chi connectivity index (χ0n) is 12.2. The number of nitrogens with one attached hydrogen (secondary N) is 1. The minimum Gasteiger partial charge on any atom is -0.355 e. The van der Waals surface area contributed by atoms with E-state index in [4.69, 9.17) is 0 Å². The lowest BCUT2D eigenvalue weighted by Gasteiger charge is -2.14. The van der Waals surface area contributed by atoms with E-state index in [1.54, 1.807) is 0 Å². The van der Waals surface area contributed by atoms with E-state index in [9.17, 15) is 0 Å². The van der Waals surface area contributed by atoms with Gasteiger partial charge in [0.05, 0.1) is 0 Å². The number of rotatable bonds is 7. The van der Waals surface area contributed by atoms with Gasteiger partial charge in [0.2, 0.25) is 0 Å². The summed E-state index contributed by atoms with van der Waals surface area (Å²) in [5, 5.41) is 3.48. The minimum atomic E-state index is 1.07. The molecule has 0 amide bonds. The Morgan fingerprint density at radius 2 is 1.65 bits per heavy atom. The number of anilines is 2. The van der Waals surface area contributed by atoms with Crippen LogP contribution in [0.5, 0.6) is 0 Å². The molecule has 0 aliphatic carbocycles. The number of hydrogen-bond acceptors (Lipinski definition) is 1. The summed E-state index contributed by atoms with van der Waals surface area (Å²) in [5.74, 6) is 0. The van der Waals surface area contributed by atoms with E-state index in [2.05, 4.69) is 55.2 Å². The molecule has 0 unspecified atom stereocenters. The largest absolute Gasteiger partial charge is 0.355 e. The normalized spacial score (nSPS) is 10.2. The Balaban J connectivity index is 2.11. The fourth-order valence-corrected chi connectivity index (χ4v) is 2.30. The minimum absolute atomic E-state index is 1.07. The van der Waals surface area contributed by atoms with E-state index < -0.39 is 0 Å². The average Bonchev–Trinajstić information content (AvgIpc) is 2.49. The van der Waals surface area contributed by atoms with Gasteiger partial charge < -0.3 is 5.32 Å². The first kappa shape index (κ1) is 14.4. The molecule has 1 N–H and O–H groups in total. The molecule has 0 saturated carbocycles. The number of hydrogen-bond donors (Lipinski definition) is 1. The molecule has 0 radical (unpaired) electrons. The van der Waals surface area contributed by atoms with Gasteiger partial charge in [-0.2, -0.15) is 0 Å². The predicted molar refractivity (Wildman–Crippen MR) is 89.3 cm³/mol. The monoisotopic (exact) mass is 265 g/mol. The van der Waals surface area contributed by atoms with Crippen LogP contribution >= 0.6 is 0 Å². The van der Waals surface area contributed by atoms with Crippen molar-refractivity contribution in [3.63, 3.8) is 0 Å². The summed E-state index contributed by atoms with van der Waals surface area (Å²) in [6.07, 6.45) is 4.81. The molecule has 0 fully saturated rings. The van der Waals surface area contributed by atoms with Gasteiger partial charge in [0.1, 0.15) is 0 Å². The SMILES string of the molecule is C=C(CCCCC)c1ccccc1Nc1ccccc1. The first-order chi connectivity index (χ1) is 9.81. The first-order valence-electron chi connectivity index (χ1n) is 7.40. The van der Waals surface area contributed by atoms with Gasteiger partial charge in [-0.3, -0.25) is 0 Å². The Hall–Kier alpha value is -2.02. The lowest BCUT2D eigenvalue weighted by atomic mass is 9.99. The number of unbranched alkanes of at least 4 members (excludes halogenated alkanes) is 2. The molecular formula is C19H23N. The standard InChI is InChI=1S/C19H23N/c1-3-4-6-11-16(2)18-14-9-10-15-19(18)20-17-12-7-5-8-13-17/h5,7-10,12-15,20H,2-4,6,11H2,1H3. The lowest BCUT2D eigenvalue weighted by molar-refractivity contribution is 0.736. The quantitative estimate of drug-likeness (QED) is 0.603. The van der Waals surface area contributed by atoms with E-state index in [1.165, 1.54) is 30.4 Å². The van der Waals surface area contributed by atoms with Gasteiger partial charge in [0.15, 0.2) is 0 Å². The average molecular weight is 265 g/mol. The van der Waals surface area contributed by atoms with Crippen LogP contribution in [-0.4, -0.2) is 0 Å². The molecule has 0 saturated heterocycles. The molecule has 1 nitrogen and oxygen atoms in total. The molecule has 0 aliphatic rings. The van der Waals surface area contributed by atoms with Crippen LogP contribution in [0, 0.1) is 0 Å². The highest BCUT2D eigenvalue weighted by Crippen LogP contribution is 2.28. The molecule has 0 aromatic heterocycles. The van der Waals surface area contributed by atoms with E-state index in [0.717, 1.165) is 17.8 Å². The van der Waals surface area contributed by atoms with Crippen LogP contribution in [0.2, 0.25) is 0 Å². The van der Waals surface area contributed by atoms with Gasteiger partial charge in [0.25, 0.3) is 0 Å². The summed E-state index contributed by atoms with van der Waals surface area (Å²) in [6, 6.07) is 18.7. The molecule has 2 aromatic rings.